The molecule has 0 radical (unpaired) electrons. The van der Waals surface area contributed by atoms with Crippen molar-refractivity contribution in [1.82, 2.24) is 9.80 Å². The van der Waals surface area contributed by atoms with Crippen LogP contribution in [0.2, 0.25) is 0 Å². The van der Waals surface area contributed by atoms with E-state index in [4.69, 9.17) is 0 Å². The molecule has 1 unspecified atom stereocenters. The van der Waals surface area contributed by atoms with Gasteiger partial charge in [0, 0.05) is 26.2 Å². The van der Waals surface area contributed by atoms with Crippen molar-refractivity contribution in [3.05, 3.63) is 35.4 Å². The molecule has 0 bridgehead atoms. The molecule has 1 heterocycles. The number of nitrogens with zero attached hydrogens (tertiary/aromatic N) is 3. The minimum Gasteiger partial charge on any atom is -0.304 e. The maximum atomic E-state index is 9.47. The molecule has 0 N–H and O–H groups in total. The molecule has 1 aromatic carbocycles. The summed E-state index contributed by atoms with van der Waals surface area (Å²) in [5, 5.41) is 9.47. The van der Waals surface area contributed by atoms with Crippen molar-refractivity contribution in [3.63, 3.8) is 0 Å². The van der Waals surface area contributed by atoms with E-state index in [2.05, 4.69) is 61.0 Å². The molecule has 0 spiro atoms. The maximum absolute atomic E-state index is 9.47. The number of hydrogen-bond acceptors (Lipinski definition) is 3. The van der Waals surface area contributed by atoms with Crippen LogP contribution < -0.4 is 0 Å². The molecule has 0 aromatic heterocycles. The quantitative estimate of drug-likeness (QED) is 0.834. The van der Waals surface area contributed by atoms with Crippen LogP contribution >= 0.6 is 0 Å². The Labute approximate surface area is 116 Å². The molecule has 1 aromatic rings. The summed E-state index contributed by atoms with van der Waals surface area (Å²) in [6.45, 7) is 8.42. The van der Waals surface area contributed by atoms with Gasteiger partial charge in [0.2, 0.25) is 0 Å². The van der Waals surface area contributed by atoms with Crippen LogP contribution in [0.4, 0.5) is 0 Å². The van der Waals surface area contributed by atoms with Crippen molar-refractivity contribution in [2.45, 2.75) is 25.8 Å². The first-order valence-corrected chi connectivity index (χ1v) is 7.04. The number of benzene rings is 1. The molecular formula is C16H23N3. The molecule has 0 amide bonds. The summed E-state index contributed by atoms with van der Waals surface area (Å²) in [6.07, 6.45) is 0. The van der Waals surface area contributed by atoms with Gasteiger partial charge in [0.15, 0.2) is 0 Å². The molecule has 1 aliphatic heterocycles. The lowest BCUT2D eigenvalue weighted by molar-refractivity contribution is 0.133. The summed E-state index contributed by atoms with van der Waals surface area (Å²) in [6, 6.07) is 10.9. The second-order valence-corrected chi connectivity index (χ2v) is 5.69. The molecule has 1 saturated heterocycles. The summed E-state index contributed by atoms with van der Waals surface area (Å²) >= 11 is 0. The highest BCUT2D eigenvalue weighted by Crippen LogP contribution is 2.23. The molecule has 1 fully saturated rings. The summed E-state index contributed by atoms with van der Waals surface area (Å²) in [7, 11) is 2.14. The molecule has 3 heteroatoms. The normalized spacial score (nSPS) is 19.3. The third-order valence-corrected chi connectivity index (χ3v) is 3.94. The zero-order valence-electron chi connectivity index (χ0n) is 12.1. The summed E-state index contributed by atoms with van der Waals surface area (Å²) < 4.78 is 0. The van der Waals surface area contributed by atoms with E-state index < -0.39 is 0 Å². The Balaban J connectivity index is 2.11. The van der Waals surface area contributed by atoms with Gasteiger partial charge in [-0.15, -0.1) is 0 Å². The summed E-state index contributed by atoms with van der Waals surface area (Å²) in [5.74, 6) is 0.540. The first kappa shape index (κ1) is 14.0. The zero-order valence-corrected chi connectivity index (χ0v) is 12.1. The van der Waals surface area contributed by atoms with Gasteiger partial charge in [-0.1, -0.05) is 38.1 Å². The van der Waals surface area contributed by atoms with Crippen molar-refractivity contribution in [2.75, 3.05) is 33.2 Å². The van der Waals surface area contributed by atoms with Crippen LogP contribution in [0, 0.1) is 11.3 Å². The fraction of sp³-hybridized carbons (Fsp3) is 0.562. The molecule has 0 saturated carbocycles. The monoisotopic (exact) mass is 257 g/mol. The van der Waals surface area contributed by atoms with Crippen LogP contribution in [0.25, 0.3) is 0 Å². The van der Waals surface area contributed by atoms with E-state index in [-0.39, 0.29) is 6.04 Å². The molecule has 102 valence electrons. The van der Waals surface area contributed by atoms with Gasteiger partial charge in [-0.3, -0.25) is 4.90 Å². The van der Waals surface area contributed by atoms with Crippen LogP contribution in [0.1, 0.15) is 36.9 Å². The lowest BCUT2D eigenvalue weighted by Crippen LogP contribution is -2.45. The van der Waals surface area contributed by atoms with Crippen LogP contribution in [0.5, 0.6) is 0 Å². The number of likely N-dealkylation sites (N-methyl/N-ethyl adjacent to an activating group) is 1. The lowest BCUT2D eigenvalue weighted by atomic mass is 9.98. The van der Waals surface area contributed by atoms with E-state index in [1.807, 2.05) is 0 Å². The predicted octanol–water partition coefficient (Wildman–Crippen LogP) is 2.62. The van der Waals surface area contributed by atoms with E-state index in [9.17, 15) is 5.26 Å². The molecule has 0 aliphatic carbocycles. The van der Waals surface area contributed by atoms with E-state index in [0.29, 0.717) is 5.92 Å². The highest BCUT2D eigenvalue weighted by molar-refractivity contribution is 5.29. The minimum absolute atomic E-state index is 0.102. The van der Waals surface area contributed by atoms with Crippen LogP contribution in [0.15, 0.2) is 24.3 Å². The molecule has 2 rings (SSSR count). The maximum Gasteiger partial charge on any atom is 0.123 e. The Bertz CT molecular complexity index is 436. The smallest absolute Gasteiger partial charge is 0.123 e. The first-order valence-electron chi connectivity index (χ1n) is 7.04. The predicted molar refractivity (Wildman–Crippen MR) is 78.0 cm³/mol. The Morgan fingerprint density at radius 1 is 1.00 bits per heavy atom. The highest BCUT2D eigenvalue weighted by atomic mass is 15.3. The molecule has 1 aliphatic rings. The second kappa shape index (κ2) is 6.18. The third-order valence-electron chi connectivity index (χ3n) is 3.94. The summed E-state index contributed by atoms with van der Waals surface area (Å²) in [5.41, 5.74) is 2.45. The van der Waals surface area contributed by atoms with Gasteiger partial charge < -0.3 is 4.90 Å². The van der Waals surface area contributed by atoms with Crippen LogP contribution in [-0.4, -0.2) is 43.0 Å². The van der Waals surface area contributed by atoms with Crippen molar-refractivity contribution >= 4 is 0 Å². The lowest BCUT2D eigenvalue weighted by Gasteiger charge is -2.35. The number of hydrogen-bond donors (Lipinski definition) is 0. The minimum atomic E-state index is -0.102. The van der Waals surface area contributed by atoms with Crippen molar-refractivity contribution in [1.29, 1.82) is 5.26 Å². The van der Waals surface area contributed by atoms with Gasteiger partial charge in [0.1, 0.15) is 6.04 Å². The third kappa shape index (κ3) is 3.34. The van der Waals surface area contributed by atoms with Gasteiger partial charge >= 0.3 is 0 Å². The SMILES string of the molecule is CC(C)c1ccc(C(C#N)N2CCN(C)CC2)cc1. The Morgan fingerprint density at radius 2 is 1.53 bits per heavy atom. The Kier molecular flexibility index (Phi) is 4.57. The topological polar surface area (TPSA) is 30.3 Å². The largest absolute Gasteiger partial charge is 0.304 e. The van der Waals surface area contributed by atoms with Gasteiger partial charge in [0.25, 0.3) is 0 Å². The second-order valence-electron chi connectivity index (χ2n) is 5.69. The number of rotatable bonds is 3. The van der Waals surface area contributed by atoms with Gasteiger partial charge in [-0.2, -0.15) is 5.26 Å². The first-order chi connectivity index (χ1) is 9.11. The van der Waals surface area contributed by atoms with Crippen LogP contribution in [-0.2, 0) is 0 Å². The highest BCUT2D eigenvalue weighted by Gasteiger charge is 2.23. The summed E-state index contributed by atoms with van der Waals surface area (Å²) in [4.78, 5) is 4.59. The number of nitriles is 1. The van der Waals surface area contributed by atoms with E-state index in [1.54, 1.807) is 0 Å². The average Bonchev–Trinajstić information content (AvgIpc) is 2.42. The molecule has 1 atom stereocenters. The van der Waals surface area contributed by atoms with Crippen LogP contribution in [0.3, 0.4) is 0 Å². The van der Waals surface area contributed by atoms with Crippen molar-refractivity contribution < 1.29 is 0 Å². The van der Waals surface area contributed by atoms with Crippen molar-refractivity contribution in [3.8, 4) is 6.07 Å². The van der Waals surface area contributed by atoms with Gasteiger partial charge in [0.05, 0.1) is 6.07 Å². The Morgan fingerprint density at radius 3 is 2.00 bits per heavy atom. The molecular weight excluding hydrogens is 234 g/mol. The molecule has 19 heavy (non-hydrogen) atoms. The molecule has 3 nitrogen and oxygen atoms in total. The Hall–Kier alpha value is -1.37. The van der Waals surface area contributed by atoms with Crippen molar-refractivity contribution in [2.24, 2.45) is 0 Å². The standard InChI is InChI=1S/C16H23N3/c1-13(2)14-4-6-15(7-5-14)16(12-17)19-10-8-18(3)9-11-19/h4-7,13,16H,8-11H2,1-3H3. The number of piperazine rings is 1. The van der Waals surface area contributed by atoms with E-state index >= 15 is 0 Å². The van der Waals surface area contributed by atoms with E-state index in [0.717, 1.165) is 31.7 Å². The zero-order chi connectivity index (χ0) is 13.8. The van der Waals surface area contributed by atoms with Gasteiger partial charge in [-0.05, 0) is 24.1 Å². The average molecular weight is 257 g/mol. The fourth-order valence-electron chi connectivity index (χ4n) is 2.51. The fourth-order valence-corrected chi connectivity index (χ4v) is 2.51. The van der Waals surface area contributed by atoms with E-state index in [1.165, 1.54) is 5.56 Å². The van der Waals surface area contributed by atoms with Gasteiger partial charge in [-0.25, -0.2) is 0 Å².